The minimum atomic E-state index is 0.0342. The first-order valence-electron chi connectivity index (χ1n) is 23.9. The zero-order valence-electron chi connectivity index (χ0n) is 40.4. The lowest BCUT2D eigenvalue weighted by Gasteiger charge is -2.19. The molecule has 378 valence electrons. The predicted octanol–water partition coefficient (Wildman–Crippen LogP) is 8.34. The monoisotopic (exact) mass is 992 g/mol. The fraction of sp³-hybridized carbons (Fsp3) is 0.500. The second-order valence-corrected chi connectivity index (χ2v) is 17.4. The first kappa shape index (κ1) is 55.7. The summed E-state index contributed by atoms with van der Waals surface area (Å²) in [5.74, 6) is 0. The molecule has 0 aliphatic rings. The van der Waals surface area contributed by atoms with Crippen molar-refractivity contribution < 1.29 is 52.5 Å². The molecule has 0 radical (unpaired) electrons. The average Bonchev–Trinajstić information content (AvgIpc) is 4.03. The van der Waals surface area contributed by atoms with Gasteiger partial charge in [-0.05, 0) is 79.2 Å². The van der Waals surface area contributed by atoms with Gasteiger partial charge in [0, 0.05) is 49.2 Å². The Bertz CT molecular complexity index is 2110. The van der Waals surface area contributed by atoms with Gasteiger partial charge in [-0.25, -0.2) is 9.97 Å². The van der Waals surface area contributed by atoms with E-state index >= 15 is 0 Å². The molecule has 0 saturated heterocycles. The van der Waals surface area contributed by atoms with Gasteiger partial charge < -0.3 is 62.7 Å². The van der Waals surface area contributed by atoms with Crippen molar-refractivity contribution in [1.82, 2.24) is 9.97 Å². The fourth-order valence-corrected chi connectivity index (χ4v) is 8.29. The molecule has 69 heavy (non-hydrogen) atoms. The maximum atomic E-state index is 8.57. The standard InChI is InChI=1S/C27H38N2O5S.C25H34N2O6S/c1-3-13-30-15-17-32-19-21-34-22-20-33-18-16-31-14-12-29(2)24-10-8-23(9-11-24)27-28-25-6-4-5-7-26(25)35-27;28-10-12-30-14-16-32-18-20-33-19-17-31-15-13-29-11-9-26-22-7-5-21(6-8-22)25-27-23-3-1-2-4-24(23)34-25/h4-11H,3,12-22H2,1-2H3;1-8,26,28H,9-20H2. The molecule has 0 unspecified atom stereocenters. The van der Waals surface area contributed by atoms with Gasteiger partial charge in [-0.3, -0.25) is 0 Å². The first-order valence-corrected chi connectivity index (χ1v) is 25.5. The van der Waals surface area contributed by atoms with Gasteiger partial charge >= 0.3 is 0 Å². The van der Waals surface area contributed by atoms with Crippen molar-refractivity contribution in [3.05, 3.63) is 97.1 Å². The van der Waals surface area contributed by atoms with E-state index in [2.05, 4.69) is 97.0 Å². The number of para-hydroxylation sites is 2. The van der Waals surface area contributed by atoms with E-state index in [4.69, 9.17) is 62.4 Å². The molecular weight excluding hydrogens is 921 g/mol. The van der Waals surface area contributed by atoms with Gasteiger partial charge in [-0.15, -0.1) is 22.7 Å². The van der Waals surface area contributed by atoms with E-state index in [0.29, 0.717) is 126 Å². The normalized spacial score (nSPS) is 11.3. The van der Waals surface area contributed by atoms with Crippen LogP contribution in [-0.4, -0.2) is 174 Å². The number of hydrogen-bond donors (Lipinski definition) is 2. The molecule has 15 nitrogen and oxygen atoms in total. The largest absolute Gasteiger partial charge is 0.394 e. The van der Waals surface area contributed by atoms with Gasteiger partial charge in [-0.1, -0.05) is 31.2 Å². The van der Waals surface area contributed by atoms with Crippen molar-refractivity contribution in [2.24, 2.45) is 0 Å². The van der Waals surface area contributed by atoms with Crippen LogP contribution >= 0.6 is 22.7 Å². The SMILES string of the molecule is CCCOCCOCCOCCOCCOCCN(C)c1ccc(-c2nc3ccccc3s2)cc1.OCCOCCOCCOCCOCCOCCNc1ccc(-c2nc3ccccc3s2)cc1. The second-order valence-electron chi connectivity index (χ2n) is 15.3. The number of nitrogens with one attached hydrogen (secondary N) is 1. The molecule has 2 heterocycles. The summed E-state index contributed by atoms with van der Waals surface area (Å²) in [7, 11) is 2.08. The third-order valence-electron chi connectivity index (χ3n) is 9.98. The van der Waals surface area contributed by atoms with Gasteiger partial charge in [0.25, 0.3) is 0 Å². The van der Waals surface area contributed by atoms with Gasteiger partial charge in [0.15, 0.2) is 0 Å². The van der Waals surface area contributed by atoms with Crippen molar-refractivity contribution in [1.29, 1.82) is 0 Å². The fourth-order valence-electron chi connectivity index (χ4n) is 6.35. The van der Waals surface area contributed by atoms with Crippen LogP contribution in [0, 0.1) is 0 Å². The molecule has 0 atom stereocenters. The van der Waals surface area contributed by atoms with Gasteiger partial charge in [0.05, 0.1) is 153 Å². The molecule has 0 saturated carbocycles. The van der Waals surface area contributed by atoms with Crippen LogP contribution in [-0.2, 0) is 47.4 Å². The summed E-state index contributed by atoms with van der Waals surface area (Å²) >= 11 is 3.43. The number of likely N-dealkylation sites (N-methyl/N-ethyl adjacent to an activating group) is 1. The third kappa shape index (κ3) is 23.1. The Morgan fingerprint density at radius 2 is 0.826 bits per heavy atom. The minimum Gasteiger partial charge on any atom is -0.394 e. The van der Waals surface area contributed by atoms with Crippen molar-refractivity contribution in [3.8, 4) is 21.1 Å². The lowest BCUT2D eigenvalue weighted by molar-refractivity contribution is -0.0127. The predicted molar refractivity (Wildman–Crippen MR) is 277 cm³/mol. The van der Waals surface area contributed by atoms with Crippen LogP contribution in [0.1, 0.15) is 13.3 Å². The van der Waals surface area contributed by atoms with E-state index in [1.54, 1.807) is 22.7 Å². The second kappa shape index (κ2) is 35.8. The van der Waals surface area contributed by atoms with E-state index in [-0.39, 0.29) is 6.61 Å². The van der Waals surface area contributed by atoms with Gasteiger partial charge in [0.2, 0.25) is 0 Å². The number of aromatic nitrogens is 2. The molecule has 4 aromatic carbocycles. The van der Waals surface area contributed by atoms with Crippen LogP contribution in [0.25, 0.3) is 41.6 Å². The number of anilines is 2. The molecule has 0 amide bonds. The van der Waals surface area contributed by atoms with Crippen LogP contribution in [0.5, 0.6) is 0 Å². The number of benzene rings is 4. The molecule has 0 aliphatic heterocycles. The molecule has 0 spiro atoms. The summed E-state index contributed by atoms with van der Waals surface area (Å²) < 4.78 is 56.8. The number of fused-ring (bicyclic) bond motifs is 2. The third-order valence-corrected chi connectivity index (χ3v) is 12.2. The van der Waals surface area contributed by atoms with Gasteiger partial charge in [-0.2, -0.15) is 0 Å². The number of thiazole rings is 2. The molecule has 0 fully saturated rings. The van der Waals surface area contributed by atoms with E-state index < -0.39 is 0 Å². The molecule has 2 aromatic heterocycles. The summed E-state index contributed by atoms with van der Waals surface area (Å²) in [6.07, 6.45) is 1.03. The number of rotatable bonds is 38. The molecule has 17 heteroatoms. The van der Waals surface area contributed by atoms with Gasteiger partial charge in [0.1, 0.15) is 10.0 Å². The lowest BCUT2D eigenvalue weighted by Crippen LogP contribution is -2.23. The highest BCUT2D eigenvalue weighted by atomic mass is 32.1. The van der Waals surface area contributed by atoms with Crippen molar-refractivity contribution >= 4 is 54.5 Å². The Labute approximate surface area is 415 Å². The molecular formula is C52H72N4O11S2. The molecule has 6 rings (SSSR count). The molecule has 6 aromatic rings. The lowest BCUT2D eigenvalue weighted by atomic mass is 10.2. The molecule has 0 aliphatic carbocycles. The van der Waals surface area contributed by atoms with Crippen molar-refractivity contribution in [2.75, 3.05) is 169 Å². The number of aliphatic hydroxyl groups is 1. The Balaban J connectivity index is 0.000000258. The van der Waals surface area contributed by atoms with Crippen molar-refractivity contribution in [2.45, 2.75) is 13.3 Å². The number of ether oxygens (including phenoxy) is 10. The smallest absolute Gasteiger partial charge is 0.124 e. The maximum Gasteiger partial charge on any atom is 0.124 e. The highest BCUT2D eigenvalue weighted by Gasteiger charge is 2.08. The summed E-state index contributed by atoms with van der Waals surface area (Å²) in [6.45, 7) is 14.9. The van der Waals surface area contributed by atoms with Crippen LogP contribution in [0.15, 0.2) is 97.1 Å². The van der Waals surface area contributed by atoms with Crippen LogP contribution in [0.4, 0.5) is 11.4 Å². The summed E-state index contributed by atoms with van der Waals surface area (Å²) in [4.78, 5) is 11.6. The van der Waals surface area contributed by atoms with E-state index in [9.17, 15) is 0 Å². The highest BCUT2D eigenvalue weighted by molar-refractivity contribution is 7.22. The van der Waals surface area contributed by atoms with Crippen LogP contribution < -0.4 is 10.2 Å². The van der Waals surface area contributed by atoms with E-state index in [0.717, 1.165) is 69.7 Å². The number of hydrogen-bond acceptors (Lipinski definition) is 17. The first-order chi connectivity index (χ1) is 34.1. The summed E-state index contributed by atoms with van der Waals surface area (Å²) in [6, 6.07) is 33.3. The molecule has 2 N–H and O–H groups in total. The number of aliphatic hydroxyl groups excluding tert-OH is 1. The minimum absolute atomic E-state index is 0.0342. The average molecular weight is 993 g/mol. The van der Waals surface area contributed by atoms with E-state index in [1.165, 1.54) is 9.40 Å². The van der Waals surface area contributed by atoms with Crippen LogP contribution in [0.2, 0.25) is 0 Å². The Kier molecular flexibility index (Phi) is 29.0. The quantitative estimate of drug-likeness (QED) is 0.0357. The maximum absolute atomic E-state index is 8.57. The number of nitrogens with zero attached hydrogens (tertiary/aromatic N) is 3. The highest BCUT2D eigenvalue weighted by Crippen LogP contribution is 2.32. The van der Waals surface area contributed by atoms with Crippen molar-refractivity contribution in [3.63, 3.8) is 0 Å². The Morgan fingerprint density at radius 3 is 1.25 bits per heavy atom. The summed E-state index contributed by atoms with van der Waals surface area (Å²) in [5.41, 5.74) is 6.58. The Hall–Kier alpha value is -4.18. The zero-order valence-corrected chi connectivity index (χ0v) is 42.0. The summed E-state index contributed by atoms with van der Waals surface area (Å²) in [5, 5.41) is 14.0. The zero-order chi connectivity index (χ0) is 48.2. The molecule has 0 bridgehead atoms. The topological polar surface area (TPSA) is 154 Å². The van der Waals surface area contributed by atoms with Crippen LogP contribution in [0.3, 0.4) is 0 Å². The van der Waals surface area contributed by atoms with E-state index in [1.807, 2.05) is 24.3 Å². The Morgan fingerprint density at radius 1 is 0.449 bits per heavy atom.